The van der Waals surface area contributed by atoms with Gasteiger partial charge in [-0.1, -0.05) is 11.6 Å². The molecule has 2 N–H and O–H groups in total. The number of H-pyrrole nitrogens is 1. The summed E-state index contributed by atoms with van der Waals surface area (Å²) in [6.45, 7) is 3.19. The average molecular weight is 456 g/mol. The number of rotatable bonds is 4. The summed E-state index contributed by atoms with van der Waals surface area (Å²) in [5, 5.41) is 19.2. The first-order chi connectivity index (χ1) is 15.2. The second kappa shape index (κ2) is 6.97. The van der Waals surface area contributed by atoms with E-state index in [1.807, 2.05) is 0 Å². The summed E-state index contributed by atoms with van der Waals surface area (Å²) in [6, 6.07) is 2.09. The number of fused-ring (bicyclic) bond motifs is 2. The predicted octanol–water partition coefficient (Wildman–Crippen LogP) is 4.16. The van der Waals surface area contributed by atoms with Crippen LogP contribution in [-0.4, -0.2) is 36.6 Å². The summed E-state index contributed by atoms with van der Waals surface area (Å²) in [6.07, 6.45) is 5.21. The number of nitrogens with zero attached hydrogens (tertiary/aromatic N) is 5. The number of alkyl halides is 1. The van der Waals surface area contributed by atoms with Crippen molar-refractivity contribution in [3.8, 4) is 17.3 Å². The molecule has 3 heterocycles. The summed E-state index contributed by atoms with van der Waals surface area (Å²) < 4.78 is 30.1. The Morgan fingerprint density at radius 3 is 2.84 bits per heavy atom. The maximum absolute atomic E-state index is 15.4. The zero-order valence-electron chi connectivity index (χ0n) is 16.9. The van der Waals surface area contributed by atoms with E-state index in [1.165, 1.54) is 12.4 Å². The number of carbonyl (C=O) groups excluding carboxylic acids is 1. The number of carbonyl (C=O) groups is 1. The molecule has 8 nitrogen and oxygen atoms in total. The lowest BCUT2D eigenvalue weighted by Crippen LogP contribution is -2.17. The molecule has 0 spiro atoms. The fraction of sp³-hybridized carbons (Fsp3) is 0.286. The number of nitrogens with one attached hydrogen (secondary N) is 2. The third-order valence-corrected chi connectivity index (χ3v) is 5.95. The first-order valence-electron chi connectivity index (χ1n) is 9.77. The Kier molecular flexibility index (Phi) is 4.43. The Bertz CT molecular complexity index is 1450. The first-order valence-corrected chi connectivity index (χ1v) is 10.1. The standard InChI is InChI=1S/C21H16ClF2N7O/c1-21(2,8-25)16-18(24)17(22)15(10-4-27-30-19(10)16)12-6-31-7-13(28-14(31)5-26-12)29-20(32)9-3-11(9)23/h4-7,9,11H,3H2,1-2H3,(H,27,30)(H,29,32). The number of hydrogen-bond donors (Lipinski definition) is 2. The van der Waals surface area contributed by atoms with Crippen LogP contribution in [0.15, 0.2) is 24.8 Å². The van der Waals surface area contributed by atoms with Gasteiger partial charge in [-0.05, 0) is 20.3 Å². The summed E-state index contributed by atoms with van der Waals surface area (Å²) in [5.74, 6) is -1.53. The van der Waals surface area contributed by atoms with E-state index in [0.29, 0.717) is 27.8 Å². The van der Waals surface area contributed by atoms with Gasteiger partial charge in [0.15, 0.2) is 11.5 Å². The molecule has 0 bridgehead atoms. The number of aromatic amines is 1. The molecule has 1 aliphatic rings. The summed E-state index contributed by atoms with van der Waals surface area (Å²) in [7, 11) is 0. The summed E-state index contributed by atoms with van der Waals surface area (Å²) in [4.78, 5) is 20.6. The van der Waals surface area contributed by atoms with Gasteiger partial charge in [0.25, 0.3) is 0 Å². The zero-order valence-corrected chi connectivity index (χ0v) is 17.7. The molecular formula is C21H16ClF2N7O. The number of imidazole rings is 1. The van der Waals surface area contributed by atoms with E-state index in [0.717, 1.165) is 0 Å². The van der Waals surface area contributed by atoms with E-state index < -0.39 is 29.2 Å². The number of benzene rings is 1. The fourth-order valence-electron chi connectivity index (χ4n) is 3.75. The SMILES string of the molecule is CC(C)(C#N)c1c(F)c(Cl)c(-c2cn3cc(NC(=O)C4CC4F)nc3cn2)c2cn[nH]c12. The van der Waals surface area contributed by atoms with Crippen molar-refractivity contribution in [2.24, 2.45) is 5.92 Å². The number of nitriles is 1. The Morgan fingerprint density at radius 2 is 2.16 bits per heavy atom. The molecule has 0 radical (unpaired) electrons. The highest BCUT2D eigenvalue weighted by atomic mass is 35.5. The lowest BCUT2D eigenvalue weighted by atomic mass is 9.83. The molecule has 4 aromatic rings. The normalized spacial score (nSPS) is 18.1. The lowest BCUT2D eigenvalue weighted by molar-refractivity contribution is -0.117. The van der Waals surface area contributed by atoms with E-state index >= 15 is 4.39 Å². The first kappa shape index (κ1) is 20.3. The van der Waals surface area contributed by atoms with Gasteiger partial charge in [0.2, 0.25) is 5.91 Å². The minimum atomic E-state index is -1.15. The van der Waals surface area contributed by atoms with E-state index in [-0.39, 0.29) is 22.8 Å². The minimum absolute atomic E-state index is 0.126. The third kappa shape index (κ3) is 3.08. The van der Waals surface area contributed by atoms with Crippen LogP contribution < -0.4 is 5.32 Å². The van der Waals surface area contributed by atoms with E-state index in [4.69, 9.17) is 11.6 Å². The van der Waals surface area contributed by atoms with Gasteiger partial charge in [0.1, 0.15) is 12.0 Å². The van der Waals surface area contributed by atoms with Crippen LogP contribution in [0.2, 0.25) is 5.02 Å². The molecular weight excluding hydrogens is 440 g/mol. The van der Waals surface area contributed by atoms with Gasteiger partial charge in [-0.2, -0.15) is 10.4 Å². The average Bonchev–Trinajstić information content (AvgIpc) is 3.11. The molecule has 1 saturated carbocycles. The van der Waals surface area contributed by atoms with Crippen molar-refractivity contribution in [2.75, 3.05) is 5.32 Å². The van der Waals surface area contributed by atoms with Crippen molar-refractivity contribution < 1.29 is 13.6 Å². The number of amides is 1. The van der Waals surface area contributed by atoms with Crippen molar-refractivity contribution in [2.45, 2.75) is 31.9 Å². The number of aromatic nitrogens is 5. The van der Waals surface area contributed by atoms with Gasteiger partial charge in [-0.25, -0.2) is 13.8 Å². The smallest absolute Gasteiger partial charge is 0.231 e. The summed E-state index contributed by atoms with van der Waals surface area (Å²) in [5.41, 5.74) is 0.422. The van der Waals surface area contributed by atoms with E-state index in [1.54, 1.807) is 30.6 Å². The van der Waals surface area contributed by atoms with Crippen LogP contribution in [0.25, 0.3) is 27.8 Å². The molecule has 162 valence electrons. The Morgan fingerprint density at radius 1 is 1.41 bits per heavy atom. The van der Waals surface area contributed by atoms with Gasteiger partial charge in [0.05, 0.1) is 52.2 Å². The van der Waals surface area contributed by atoms with Gasteiger partial charge in [-0.15, -0.1) is 0 Å². The molecule has 2 unspecified atom stereocenters. The van der Waals surface area contributed by atoms with Crippen LogP contribution in [0, 0.1) is 23.1 Å². The van der Waals surface area contributed by atoms with Crippen LogP contribution in [0.4, 0.5) is 14.6 Å². The second-order valence-electron chi connectivity index (χ2n) is 8.29. The van der Waals surface area contributed by atoms with Crippen molar-refractivity contribution >= 4 is 39.9 Å². The van der Waals surface area contributed by atoms with Crippen molar-refractivity contribution in [3.05, 3.63) is 41.2 Å². The molecule has 2 atom stereocenters. The topological polar surface area (TPSA) is 112 Å². The fourth-order valence-corrected chi connectivity index (χ4v) is 4.04. The van der Waals surface area contributed by atoms with Gasteiger partial charge >= 0.3 is 0 Å². The third-order valence-electron chi connectivity index (χ3n) is 5.59. The Labute approximate surface area is 185 Å². The largest absolute Gasteiger partial charge is 0.309 e. The second-order valence-corrected chi connectivity index (χ2v) is 8.66. The van der Waals surface area contributed by atoms with Gasteiger partial charge in [-0.3, -0.25) is 14.9 Å². The molecule has 11 heteroatoms. The van der Waals surface area contributed by atoms with Crippen LogP contribution in [0.5, 0.6) is 0 Å². The maximum atomic E-state index is 15.4. The molecule has 1 fully saturated rings. The maximum Gasteiger partial charge on any atom is 0.231 e. The minimum Gasteiger partial charge on any atom is -0.309 e. The van der Waals surface area contributed by atoms with Crippen LogP contribution in [0.3, 0.4) is 0 Å². The lowest BCUT2D eigenvalue weighted by Gasteiger charge is -2.20. The molecule has 1 amide bonds. The van der Waals surface area contributed by atoms with Crippen molar-refractivity contribution in [1.82, 2.24) is 24.6 Å². The van der Waals surface area contributed by atoms with E-state index in [2.05, 4.69) is 31.6 Å². The van der Waals surface area contributed by atoms with Gasteiger partial charge in [0, 0.05) is 22.7 Å². The highest BCUT2D eigenvalue weighted by Crippen LogP contribution is 2.42. The van der Waals surface area contributed by atoms with E-state index in [9.17, 15) is 14.4 Å². The highest BCUT2D eigenvalue weighted by Gasteiger charge is 2.43. The summed E-state index contributed by atoms with van der Waals surface area (Å²) >= 11 is 6.43. The Hall–Kier alpha value is -3.58. The molecule has 5 rings (SSSR count). The molecule has 3 aromatic heterocycles. The molecule has 1 aromatic carbocycles. The zero-order chi connectivity index (χ0) is 22.8. The van der Waals surface area contributed by atoms with Crippen molar-refractivity contribution in [3.63, 3.8) is 0 Å². The Balaban J connectivity index is 1.61. The molecule has 32 heavy (non-hydrogen) atoms. The van der Waals surface area contributed by atoms with Crippen LogP contribution in [-0.2, 0) is 10.2 Å². The predicted molar refractivity (Wildman–Crippen MR) is 113 cm³/mol. The number of anilines is 1. The van der Waals surface area contributed by atoms with Gasteiger partial charge < -0.3 is 9.72 Å². The van der Waals surface area contributed by atoms with Crippen molar-refractivity contribution in [1.29, 1.82) is 5.26 Å². The quantitative estimate of drug-likeness (QED) is 0.480. The highest BCUT2D eigenvalue weighted by molar-refractivity contribution is 6.35. The van der Waals surface area contributed by atoms with Crippen LogP contribution >= 0.6 is 11.6 Å². The monoisotopic (exact) mass is 455 g/mol. The molecule has 1 aliphatic carbocycles. The number of hydrogen-bond acceptors (Lipinski definition) is 5. The molecule has 0 aliphatic heterocycles. The molecule has 0 saturated heterocycles. The number of halogens is 3. The van der Waals surface area contributed by atoms with Crippen LogP contribution in [0.1, 0.15) is 25.8 Å².